The third kappa shape index (κ3) is 2.32. The van der Waals surface area contributed by atoms with Crippen molar-refractivity contribution in [2.45, 2.75) is 19.1 Å². The van der Waals surface area contributed by atoms with Gasteiger partial charge in [0.2, 0.25) is 10.8 Å². The molecule has 1 rings (SSSR count). The summed E-state index contributed by atoms with van der Waals surface area (Å²) in [7, 11) is 0. The Labute approximate surface area is 84.1 Å². The standard InChI is InChI=1S/C7H9N3O3S/c1-3(2)14-7(13)5-4(6(11)12)8-10-9-5/h3H,1-2H3,(H,11,12)(H,8,9,10). The molecule has 1 aromatic rings. The van der Waals surface area contributed by atoms with Crippen LogP contribution in [-0.4, -0.2) is 36.9 Å². The van der Waals surface area contributed by atoms with Gasteiger partial charge in [0.05, 0.1) is 0 Å². The van der Waals surface area contributed by atoms with Crippen molar-refractivity contribution in [1.82, 2.24) is 15.4 Å². The number of carboxylic acid groups (broad SMARTS) is 1. The lowest BCUT2D eigenvalue weighted by molar-refractivity contribution is 0.0687. The van der Waals surface area contributed by atoms with E-state index in [2.05, 4.69) is 15.4 Å². The van der Waals surface area contributed by atoms with Crippen molar-refractivity contribution in [1.29, 1.82) is 0 Å². The smallest absolute Gasteiger partial charge is 0.358 e. The molecule has 0 fully saturated rings. The van der Waals surface area contributed by atoms with Gasteiger partial charge in [-0.05, 0) is 0 Å². The van der Waals surface area contributed by atoms with Gasteiger partial charge in [0.25, 0.3) is 0 Å². The van der Waals surface area contributed by atoms with E-state index in [1.807, 2.05) is 13.8 Å². The van der Waals surface area contributed by atoms with E-state index in [0.29, 0.717) is 0 Å². The number of H-pyrrole nitrogens is 1. The lowest BCUT2D eigenvalue weighted by Crippen LogP contribution is -2.07. The molecule has 0 aliphatic rings. The van der Waals surface area contributed by atoms with E-state index in [1.165, 1.54) is 0 Å². The predicted molar refractivity (Wildman–Crippen MR) is 50.4 cm³/mol. The molecule has 1 heterocycles. The van der Waals surface area contributed by atoms with Crippen LogP contribution in [0.15, 0.2) is 0 Å². The highest BCUT2D eigenvalue weighted by molar-refractivity contribution is 8.14. The molecule has 14 heavy (non-hydrogen) atoms. The maximum Gasteiger partial charge on any atom is 0.358 e. The SMILES string of the molecule is CC(C)SC(=O)c1n[nH]nc1C(=O)O. The number of carbonyl (C=O) groups is 2. The Morgan fingerprint density at radius 3 is 2.43 bits per heavy atom. The Kier molecular flexibility index (Phi) is 3.23. The number of nitrogens with zero attached hydrogens (tertiary/aromatic N) is 2. The van der Waals surface area contributed by atoms with Crippen LogP contribution in [-0.2, 0) is 0 Å². The molecule has 0 radical (unpaired) electrons. The molecule has 0 amide bonds. The first-order valence-corrected chi connectivity index (χ1v) is 4.75. The number of hydrogen-bond donors (Lipinski definition) is 2. The number of carboxylic acids is 1. The van der Waals surface area contributed by atoms with Crippen molar-refractivity contribution in [3.8, 4) is 0 Å². The molecule has 0 spiro atoms. The zero-order valence-electron chi connectivity index (χ0n) is 7.64. The topological polar surface area (TPSA) is 95.9 Å². The molecule has 0 aromatic carbocycles. The van der Waals surface area contributed by atoms with Gasteiger partial charge in [-0.3, -0.25) is 4.79 Å². The molecule has 6 nitrogen and oxygen atoms in total. The summed E-state index contributed by atoms with van der Waals surface area (Å²) in [4.78, 5) is 22.0. The van der Waals surface area contributed by atoms with Gasteiger partial charge < -0.3 is 5.11 Å². The molecular formula is C7H9N3O3S. The molecule has 0 bridgehead atoms. The minimum atomic E-state index is -1.26. The van der Waals surface area contributed by atoms with Crippen LogP contribution in [0.4, 0.5) is 0 Å². The average molecular weight is 215 g/mol. The predicted octanol–water partition coefficient (Wildman–Crippen LogP) is 0.785. The zero-order chi connectivity index (χ0) is 10.7. The normalized spacial score (nSPS) is 10.5. The number of aromatic nitrogens is 3. The number of carbonyl (C=O) groups excluding carboxylic acids is 1. The van der Waals surface area contributed by atoms with Crippen molar-refractivity contribution in [2.24, 2.45) is 0 Å². The number of aromatic carboxylic acids is 1. The second-order valence-corrected chi connectivity index (χ2v) is 4.33. The van der Waals surface area contributed by atoms with E-state index in [-0.39, 0.29) is 21.8 Å². The van der Waals surface area contributed by atoms with Crippen LogP contribution >= 0.6 is 11.8 Å². The van der Waals surface area contributed by atoms with Crippen LogP contribution in [0.2, 0.25) is 0 Å². The maximum absolute atomic E-state index is 11.4. The van der Waals surface area contributed by atoms with E-state index >= 15 is 0 Å². The summed E-state index contributed by atoms with van der Waals surface area (Å²) in [5, 5.41) is 17.4. The lowest BCUT2D eigenvalue weighted by atomic mass is 10.3. The Morgan fingerprint density at radius 1 is 1.36 bits per heavy atom. The van der Waals surface area contributed by atoms with E-state index in [0.717, 1.165) is 11.8 Å². The number of thioether (sulfide) groups is 1. The fourth-order valence-corrected chi connectivity index (χ4v) is 1.47. The van der Waals surface area contributed by atoms with Gasteiger partial charge in [0, 0.05) is 5.25 Å². The van der Waals surface area contributed by atoms with Crippen molar-refractivity contribution in [3.63, 3.8) is 0 Å². The molecular weight excluding hydrogens is 206 g/mol. The summed E-state index contributed by atoms with van der Waals surface area (Å²) >= 11 is 1.02. The Balaban J connectivity index is 2.90. The summed E-state index contributed by atoms with van der Waals surface area (Å²) in [6, 6.07) is 0. The first kappa shape index (κ1) is 10.7. The third-order valence-corrected chi connectivity index (χ3v) is 2.17. The fourth-order valence-electron chi connectivity index (χ4n) is 0.792. The molecule has 0 atom stereocenters. The number of rotatable bonds is 3. The first-order chi connectivity index (χ1) is 6.52. The highest BCUT2D eigenvalue weighted by Crippen LogP contribution is 2.17. The van der Waals surface area contributed by atoms with Crippen LogP contribution in [0.3, 0.4) is 0 Å². The maximum atomic E-state index is 11.4. The van der Waals surface area contributed by atoms with Crippen molar-refractivity contribution >= 4 is 22.8 Å². The zero-order valence-corrected chi connectivity index (χ0v) is 8.46. The molecule has 0 aliphatic carbocycles. The number of hydrogen-bond acceptors (Lipinski definition) is 5. The van der Waals surface area contributed by atoms with E-state index < -0.39 is 5.97 Å². The molecule has 0 unspecified atom stereocenters. The van der Waals surface area contributed by atoms with Crippen LogP contribution in [0.25, 0.3) is 0 Å². The summed E-state index contributed by atoms with van der Waals surface area (Å²) in [6.45, 7) is 3.67. The monoisotopic (exact) mass is 215 g/mol. The number of aromatic amines is 1. The number of nitrogens with one attached hydrogen (secondary N) is 1. The van der Waals surface area contributed by atoms with Crippen LogP contribution in [0.5, 0.6) is 0 Å². The average Bonchev–Trinajstić information content (AvgIpc) is 2.49. The molecule has 0 saturated heterocycles. The molecule has 7 heteroatoms. The second-order valence-electron chi connectivity index (χ2n) is 2.78. The van der Waals surface area contributed by atoms with Crippen LogP contribution in [0, 0.1) is 0 Å². The van der Waals surface area contributed by atoms with Crippen LogP contribution < -0.4 is 0 Å². The minimum absolute atomic E-state index is 0.0841. The van der Waals surface area contributed by atoms with Gasteiger partial charge in [0.15, 0.2) is 5.69 Å². The van der Waals surface area contributed by atoms with Gasteiger partial charge in [-0.25, -0.2) is 4.79 Å². The third-order valence-electron chi connectivity index (χ3n) is 1.29. The Bertz CT molecular complexity index is 361. The highest BCUT2D eigenvalue weighted by Gasteiger charge is 2.22. The van der Waals surface area contributed by atoms with Gasteiger partial charge in [-0.2, -0.15) is 10.3 Å². The summed E-state index contributed by atoms with van der Waals surface area (Å²) in [5.74, 6) is -1.26. The van der Waals surface area contributed by atoms with Gasteiger partial charge in [0.1, 0.15) is 0 Å². The Hall–Kier alpha value is -1.37. The van der Waals surface area contributed by atoms with Gasteiger partial charge in [-0.1, -0.05) is 25.6 Å². The Morgan fingerprint density at radius 2 is 1.93 bits per heavy atom. The second kappa shape index (κ2) is 4.23. The molecule has 2 N–H and O–H groups in total. The van der Waals surface area contributed by atoms with Gasteiger partial charge >= 0.3 is 5.97 Å². The first-order valence-electron chi connectivity index (χ1n) is 3.87. The van der Waals surface area contributed by atoms with E-state index in [9.17, 15) is 9.59 Å². The molecule has 0 saturated carbocycles. The van der Waals surface area contributed by atoms with Gasteiger partial charge in [-0.15, -0.1) is 5.10 Å². The van der Waals surface area contributed by atoms with Crippen LogP contribution in [0.1, 0.15) is 34.8 Å². The van der Waals surface area contributed by atoms with Crippen molar-refractivity contribution < 1.29 is 14.7 Å². The fraction of sp³-hybridized carbons (Fsp3) is 0.429. The molecule has 76 valence electrons. The lowest BCUT2D eigenvalue weighted by Gasteiger charge is -2.00. The van der Waals surface area contributed by atoms with E-state index in [1.54, 1.807) is 0 Å². The summed E-state index contributed by atoms with van der Waals surface area (Å²) < 4.78 is 0. The largest absolute Gasteiger partial charge is 0.476 e. The quantitative estimate of drug-likeness (QED) is 0.773. The van der Waals surface area contributed by atoms with Crippen molar-refractivity contribution in [2.75, 3.05) is 0 Å². The molecule has 0 aliphatic heterocycles. The summed E-state index contributed by atoms with van der Waals surface area (Å²) in [6.07, 6.45) is 0. The molecule has 1 aromatic heterocycles. The summed E-state index contributed by atoms with van der Waals surface area (Å²) in [5.41, 5.74) is -0.459. The minimum Gasteiger partial charge on any atom is -0.476 e. The van der Waals surface area contributed by atoms with Crippen molar-refractivity contribution in [3.05, 3.63) is 11.4 Å². The van der Waals surface area contributed by atoms with E-state index in [4.69, 9.17) is 5.11 Å². The highest BCUT2D eigenvalue weighted by atomic mass is 32.2.